The van der Waals surface area contributed by atoms with Crippen LogP contribution >= 0.6 is 11.6 Å². The molecule has 0 aliphatic rings. The van der Waals surface area contributed by atoms with Crippen LogP contribution in [0.4, 0.5) is 0 Å². The summed E-state index contributed by atoms with van der Waals surface area (Å²) in [4.78, 5) is 18.1. The molecule has 7 nitrogen and oxygen atoms in total. The van der Waals surface area contributed by atoms with Crippen molar-refractivity contribution in [3.05, 3.63) is 101 Å². The number of imidazole rings is 1. The molecule has 0 spiro atoms. The van der Waals surface area contributed by atoms with Gasteiger partial charge in [-0.15, -0.1) is 0 Å². The van der Waals surface area contributed by atoms with Crippen LogP contribution in [0.15, 0.2) is 83.9 Å². The molecule has 1 aromatic heterocycles. The lowest BCUT2D eigenvalue weighted by Crippen LogP contribution is -2.46. The average molecular weight is 566 g/mol. The molecular weight excluding hydrogens is 534 g/mol. The number of amides is 1. The number of aliphatic hydroxyl groups excluding tert-OH is 1. The Morgan fingerprint density at radius 1 is 0.974 bits per heavy atom. The zero-order valence-electron chi connectivity index (χ0n) is 22.6. The lowest BCUT2D eigenvalue weighted by Gasteiger charge is -2.27. The van der Waals surface area contributed by atoms with Crippen molar-refractivity contribution < 1.29 is 18.3 Å². The summed E-state index contributed by atoms with van der Waals surface area (Å²) in [6.45, 7) is 7.23. The third-order valence-electron chi connectivity index (χ3n) is 6.63. The number of halogens is 1. The first-order chi connectivity index (χ1) is 18.2. The maximum absolute atomic E-state index is 13.1. The van der Waals surface area contributed by atoms with Crippen LogP contribution in [0.1, 0.15) is 49.6 Å². The summed E-state index contributed by atoms with van der Waals surface area (Å²) in [6, 6.07) is 21.9. The first-order valence-electron chi connectivity index (χ1n) is 12.4. The second kappa shape index (κ2) is 10.6. The molecule has 39 heavy (non-hydrogen) atoms. The molecule has 0 fully saturated rings. The molecule has 9 heteroatoms. The van der Waals surface area contributed by atoms with Crippen LogP contribution in [0.2, 0.25) is 5.02 Å². The van der Waals surface area contributed by atoms with Gasteiger partial charge in [-0.2, -0.15) is 0 Å². The molecule has 1 amide bonds. The highest BCUT2D eigenvalue weighted by atomic mass is 35.5. The summed E-state index contributed by atoms with van der Waals surface area (Å²) >= 11 is 6.58. The lowest BCUT2D eigenvalue weighted by molar-refractivity contribution is 0.0864. The van der Waals surface area contributed by atoms with Gasteiger partial charge < -0.3 is 15.0 Å². The fraction of sp³-hybridized carbons (Fsp3) is 0.267. The standard InChI is InChI=1S/C30H32ClN3O4S/c1-29(2,19-35)33-27(36)26-18-34(28(32-26)30(3,4)24-11-6-7-12-25(24)31)22-15-13-20(14-16-22)21-9-8-10-23(17-21)39(5,37)38/h6-18,35H,19H2,1-5H3,(H,33,36). The van der Waals surface area contributed by atoms with Gasteiger partial charge in [-0.1, -0.05) is 54.1 Å². The number of sulfone groups is 1. The summed E-state index contributed by atoms with van der Waals surface area (Å²) < 4.78 is 25.9. The molecule has 2 N–H and O–H groups in total. The van der Waals surface area contributed by atoms with E-state index in [0.29, 0.717) is 10.8 Å². The Hall–Kier alpha value is -3.46. The Bertz CT molecular complexity index is 1620. The Labute approximate surface area is 234 Å². The topological polar surface area (TPSA) is 101 Å². The van der Waals surface area contributed by atoms with Crippen molar-refractivity contribution in [2.24, 2.45) is 0 Å². The molecular formula is C30H32ClN3O4S. The van der Waals surface area contributed by atoms with Crippen LogP contribution < -0.4 is 5.32 Å². The van der Waals surface area contributed by atoms with Gasteiger partial charge >= 0.3 is 0 Å². The highest BCUT2D eigenvalue weighted by Gasteiger charge is 2.33. The van der Waals surface area contributed by atoms with Gasteiger partial charge in [-0.25, -0.2) is 13.4 Å². The minimum absolute atomic E-state index is 0.205. The quantitative estimate of drug-likeness (QED) is 0.297. The van der Waals surface area contributed by atoms with E-state index in [9.17, 15) is 18.3 Å². The van der Waals surface area contributed by atoms with E-state index >= 15 is 0 Å². The molecule has 204 valence electrons. The Balaban J connectivity index is 1.81. The van der Waals surface area contributed by atoms with Gasteiger partial charge in [-0.3, -0.25) is 4.79 Å². The maximum atomic E-state index is 13.1. The summed E-state index contributed by atoms with van der Waals surface area (Å²) in [5.74, 6) is 0.201. The van der Waals surface area contributed by atoms with Gasteiger partial charge in [0.15, 0.2) is 9.84 Å². The Morgan fingerprint density at radius 3 is 2.26 bits per heavy atom. The minimum atomic E-state index is -3.33. The number of benzene rings is 3. The summed E-state index contributed by atoms with van der Waals surface area (Å²) in [5, 5.41) is 13.0. The van der Waals surface area contributed by atoms with Crippen LogP contribution in [-0.4, -0.2) is 47.4 Å². The van der Waals surface area contributed by atoms with E-state index in [2.05, 4.69) is 5.32 Å². The number of aromatic nitrogens is 2. The second-order valence-corrected chi connectivity index (χ2v) is 13.2. The monoisotopic (exact) mass is 565 g/mol. The molecule has 0 unspecified atom stereocenters. The van der Waals surface area contributed by atoms with E-state index in [1.807, 2.05) is 73.0 Å². The molecule has 0 bridgehead atoms. The van der Waals surface area contributed by atoms with E-state index < -0.39 is 26.7 Å². The zero-order chi connectivity index (χ0) is 28.6. The van der Waals surface area contributed by atoms with E-state index in [4.69, 9.17) is 16.6 Å². The molecule has 0 aliphatic heterocycles. The largest absolute Gasteiger partial charge is 0.394 e. The number of nitrogens with zero attached hydrogens (tertiary/aromatic N) is 2. The highest BCUT2D eigenvalue weighted by molar-refractivity contribution is 7.90. The minimum Gasteiger partial charge on any atom is -0.394 e. The van der Waals surface area contributed by atoms with Crippen molar-refractivity contribution in [1.29, 1.82) is 0 Å². The fourth-order valence-electron chi connectivity index (χ4n) is 4.35. The number of rotatable bonds is 8. The third kappa shape index (κ3) is 6.08. The molecule has 0 saturated heterocycles. The van der Waals surface area contributed by atoms with Crippen LogP contribution in [0.5, 0.6) is 0 Å². The van der Waals surface area contributed by atoms with E-state index in [1.54, 1.807) is 38.2 Å². The van der Waals surface area contributed by atoms with Gasteiger partial charge in [0.2, 0.25) is 0 Å². The molecule has 3 aromatic carbocycles. The van der Waals surface area contributed by atoms with Gasteiger partial charge in [0.1, 0.15) is 11.5 Å². The van der Waals surface area contributed by atoms with Crippen LogP contribution in [0.25, 0.3) is 16.8 Å². The number of carbonyl (C=O) groups excluding carboxylic acids is 1. The van der Waals surface area contributed by atoms with E-state index in [-0.39, 0.29) is 17.2 Å². The predicted octanol–water partition coefficient (Wildman–Crippen LogP) is 5.42. The SMILES string of the molecule is CC(C)(CO)NC(=O)c1cn(-c2ccc(-c3cccc(S(C)(=O)=O)c3)cc2)c(C(C)(C)c2ccccc2Cl)n1. The second-order valence-electron chi connectivity index (χ2n) is 10.8. The molecule has 0 saturated carbocycles. The normalized spacial score (nSPS) is 12.4. The Morgan fingerprint density at radius 2 is 1.64 bits per heavy atom. The van der Waals surface area contributed by atoms with Crippen molar-refractivity contribution in [3.8, 4) is 16.8 Å². The number of hydrogen-bond donors (Lipinski definition) is 2. The van der Waals surface area contributed by atoms with E-state index in [1.165, 1.54) is 6.26 Å². The first kappa shape index (κ1) is 28.5. The number of carbonyl (C=O) groups is 1. The van der Waals surface area contributed by atoms with Crippen molar-refractivity contribution in [1.82, 2.24) is 14.9 Å². The first-order valence-corrected chi connectivity index (χ1v) is 14.7. The van der Waals surface area contributed by atoms with Crippen molar-refractivity contribution in [3.63, 3.8) is 0 Å². The van der Waals surface area contributed by atoms with Gasteiger partial charge in [0, 0.05) is 28.6 Å². The van der Waals surface area contributed by atoms with Crippen molar-refractivity contribution >= 4 is 27.3 Å². The Kier molecular flexibility index (Phi) is 7.76. The fourth-order valence-corrected chi connectivity index (χ4v) is 5.39. The van der Waals surface area contributed by atoms with Crippen molar-refractivity contribution in [2.75, 3.05) is 12.9 Å². The van der Waals surface area contributed by atoms with Crippen LogP contribution in [-0.2, 0) is 15.3 Å². The summed E-state index contributed by atoms with van der Waals surface area (Å²) in [5.41, 5.74) is 1.96. The number of hydrogen-bond acceptors (Lipinski definition) is 5. The smallest absolute Gasteiger partial charge is 0.271 e. The lowest BCUT2D eigenvalue weighted by atomic mass is 9.83. The zero-order valence-corrected chi connectivity index (χ0v) is 24.1. The number of aliphatic hydroxyl groups is 1. The van der Waals surface area contributed by atoms with Crippen LogP contribution in [0.3, 0.4) is 0 Å². The average Bonchev–Trinajstić information content (AvgIpc) is 3.35. The van der Waals surface area contributed by atoms with E-state index in [0.717, 1.165) is 22.4 Å². The molecule has 4 aromatic rings. The molecule has 4 rings (SSSR count). The van der Waals surface area contributed by atoms with Crippen LogP contribution in [0, 0.1) is 0 Å². The maximum Gasteiger partial charge on any atom is 0.271 e. The van der Waals surface area contributed by atoms with Gasteiger partial charge in [0.05, 0.1) is 17.0 Å². The third-order valence-corrected chi connectivity index (χ3v) is 8.07. The highest BCUT2D eigenvalue weighted by Crippen LogP contribution is 2.37. The summed E-state index contributed by atoms with van der Waals surface area (Å²) in [7, 11) is -3.33. The molecule has 0 radical (unpaired) electrons. The van der Waals surface area contributed by atoms with Gasteiger partial charge in [0.25, 0.3) is 5.91 Å². The molecule has 0 aliphatic carbocycles. The predicted molar refractivity (Wildman–Crippen MR) is 154 cm³/mol. The molecule has 1 heterocycles. The molecule has 0 atom stereocenters. The van der Waals surface area contributed by atoms with Gasteiger partial charge in [-0.05, 0) is 74.7 Å². The number of nitrogens with one attached hydrogen (secondary N) is 1. The summed E-state index contributed by atoms with van der Waals surface area (Å²) in [6.07, 6.45) is 2.86. The van der Waals surface area contributed by atoms with Crippen molar-refractivity contribution in [2.45, 2.75) is 43.5 Å².